The molecule has 0 bridgehead atoms. The molecule has 1 atom stereocenters. The number of nitrogens with one attached hydrogen (secondary N) is 1. The highest BCUT2D eigenvalue weighted by Gasteiger charge is 2.17. The second-order valence-electron chi connectivity index (χ2n) is 6.81. The molecule has 31 heavy (non-hydrogen) atoms. The molecular weight excluding hydrogens is 410 g/mol. The SMILES string of the molecule is CCOc1ccc(C(C)NC(=O)/C=C/c2csc(N(C(C)=O)c3ccccc3)n2)cc1. The second-order valence-corrected chi connectivity index (χ2v) is 7.65. The van der Waals surface area contributed by atoms with Crippen LogP contribution in [0.25, 0.3) is 6.08 Å². The van der Waals surface area contributed by atoms with Gasteiger partial charge in [-0.15, -0.1) is 11.3 Å². The summed E-state index contributed by atoms with van der Waals surface area (Å²) in [6, 6.07) is 16.9. The van der Waals surface area contributed by atoms with E-state index < -0.39 is 0 Å². The molecule has 0 fully saturated rings. The number of hydrogen-bond acceptors (Lipinski definition) is 5. The van der Waals surface area contributed by atoms with Crippen molar-refractivity contribution in [2.24, 2.45) is 0 Å². The molecule has 7 heteroatoms. The van der Waals surface area contributed by atoms with Gasteiger partial charge in [-0.2, -0.15) is 0 Å². The summed E-state index contributed by atoms with van der Waals surface area (Å²) >= 11 is 1.35. The minimum absolute atomic E-state index is 0.127. The molecule has 2 aromatic carbocycles. The van der Waals surface area contributed by atoms with E-state index in [1.807, 2.05) is 73.8 Å². The van der Waals surface area contributed by atoms with Gasteiger partial charge in [-0.1, -0.05) is 30.3 Å². The highest BCUT2D eigenvalue weighted by Crippen LogP contribution is 2.29. The molecule has 0 aliphatic carbocycles. The predicted octanol–water partition coefficient (Wildman–Crippen LogP) is 5.12. The zero-order chi connectivity index (χ0) is 22.2. The molecule has 3 aromatic rings. The van der Waals surface area contributed by atoms with Crippen LogP contribution in [-0.4, -0.2) is 23.4 Å². The lowest BCUT2D eigenvalue weighted by Crippen LogP contribution is -2.24. The fraction of sp³-hybridized carbons (Fsp3) is 0.208. The van der Waals surface area contributed by atoms with E-state index >= 15 is 0 Å². The first-order valence-corrected chi connectivity index (χ1v) is 10.9. The molecule has 0 saturated carbocycles. The van der Waals surface area contributed by atoms with Crippen LogP contribution in [0, 0.1) is 0 Å². The van der Waals surface area contributed by atoms with Crippen molar-refractivity contribution in [2.75, 3.05) is 11.5 Å². The van der Waals surface area contributed by atoms with E-state index in [2.05, 4.69) is 10.3 Å². The average molecular weight is 436 g/mol. The van der Waals surface area contributed by atoms with Crippen LogP contribution in [0.1, 0.15) is 38.1 Å². The molecule has 160 valence electrons. The Kier molecular flexibility index (Phi) is 7.56. The Bertz CT molecular complexity index is 1050. The highest BCUT2D eigenvalue weighted by molar-refractivity contribution is 7.14. The molecule has 2 amide bonds. The summed E-state index contributed by atoms with van der Waals surface area (Å²) in [5.41, 5.74) is 2.36. The fourth-order valence-electron chi connectivity index (χ4n) is 2.98. The van der Waals surface area contributed by atoms with Gasteiger partial charge in [0.2, 0.25) is 11.8 Å². The minimum atomic E-state index is -0.220. The molecule has 6 nitrogen and oxygen atoms in total. The fourth-order valence-corrected chi connectivity index (χ4v) is 3.84. The summed E-state index contributed by atoms with van der Waals surface area (Å²) in [5.74, 6) is 0.458. The zero-order valence-electron chi connectivity index (χ0n) is 17.7. The van der Waals surface area contributed by atoms with Gasteiger partial charge < -0.3 is 10.1 Å². The third kappa shape index (κ3) is 6.02. The van der Waals surface area contributed by atoms with Crippen molar-refractivity contribution in [3.63, 3.8) is 0 Å². The lowest BCUT2D eigenvalue weighted by molar-refractivity contribution is -0.117. The monoisotopic (exact) mass is 435 g/mol. The van der Waals surface area contributed by atoms with Crippen molar-refractivity contribution in [3.05, 3.63) is 77.3 Å². The molecule has 0 saturated heterocycles. The third-order valence-electron chi connectivity index (χ3n) is 4.49. The van der Waals surface area contributed by atoms with Gasteiger partial charge >= 0.3 is 0 Å². The van der Waals surface area contributed by atoms with Crippen molar-refractivity contribution >= 4 is 40.0 Å². The smallest absolute Gasteiger partial charge is 0.244 e. The van der Waals surface area contributed by atoms with Crippen LogP contribution in [0.3, 0.4) is 0 Å². The maximum atomic E-state index is 12.3. The number of para-hydroxylation sites is 1. The van der Waals surface area contributed by atoms with Gasteiger partial charge in [0.25, 0.3) is 0 Å². The van der Waals surface area contributed by atoms with Gasteiger partial charge in [-0.3, -0.25) is 14.5 Å². The summed E-state index contributed by atoms with van der Waals surface area (Å²) < 4.78 is 5.44. The van der Waals surface area contributed by atoms with Crippen molar-refractivity contribution in [1.82, 2.24) is 10.3 Å². The summed E-state index contributed by atoms with van der Waals surface area (Å²) in [5, 5.41) is 5.31. The molecule has 1 unspecified atom stereocenters. The van der Waals surface area contributed by atoms with Crippen LogP contribution in [0.4, 0.5) is 10.8 Å². The maximum Gasteiger partial charge on any atom is 0.244 e. The first-order valence-electron chi connectivity index (χ1n) is 10.0. The first kappa shape index (κ1) is 22.2. The number of ether oxygens (including phenoxy) is 1. The zero-order valence-corrected chi connectivity index (χ0v) is 18.6. The lowest BCUT2D eigenvalue weighted by Gasteiger charge is -2.17. The molecule has 0 spiro atoms. The number of rotatable bonds is 8. The number of anilines is 2. The number of thiazole rings is 1. The van der Waals surface area contributed by atoms with Gasteiger partial charge in [0.15, 0.2) is 5.13 Å². The topological polar surface area (TPSA) is 71.5 Å². The number of benzene rings is 2. The minimum Gasteiger partial charge on any atom is -0.494 e. The summed E-state index contributed by atoms with van der Waals surface area (Å²) in [7, 11) is 0. The van der Waals surface area contributed by atoms with Crippen molar-refractivity contribution in [1.29, 1.82) is 0 Å². The molecule has 1 aromatic heterocycles. The Morgan fingerprint density at radius 1 is 1.16 bits per heavy atom. The Morgan fingerprint density at radius 2 is 1.87 bits per heavy atom. The number of carbonyl (C=O) groups is 2. The van der Waals surface area contributed by atoms with Gasteiger partial charge in [-0.05, 0) is 49.8 Å². The standard InChI is InChI=1S/C24H25N3O3S/c1-4-30-22-13-10-19(11-14-22)17(2)25-23(29)15-12-20-16-31-24(26-20)27(18(3)28)21-8-6-5-7-9-21/h5-17H,4H2,1-3H3,(H,25,29)/b15-12+. The third-order valence-corrected chi connectivity index (χ3v) is 5.33. The number of nitrogens with zero attached hydrogens (tertiary/aromatic N) is 2. The average Bonchev–Trinajstić information content (AvgIpc) is 3.22. The molecule has 0 aliphatic heterocycles. The van der Waals surface area contributed by atoms with Crippen LogP contribution in [-0.2, 0) is 9.59 Å². The summed E-state index contributed by atoms with van der Waals surface area (Å²) in [6.45, 7) is 5.98. The quantitative estimate of drug-likeness (QED) is 0.499. The highest BCUT2D eigenvalue weighted by atomic mass is 32.1. The van der Waals surface area contributed by atoms with E-state index in [-0.39, 0.29) is 17.9 Å². The largest absolute Gasteiger partial charge is 0.494 e. The molecule has 0 aliphatic rings. The first-order chi connectivity index (χ1) is 15.0. The second kappa shape index (κ2) is 10.5. The van der Waals surface area contributed by atoms with E-state index in [4.69, 9.17) is 4.74 Å². The normalized spacial score (nSPS) is 11.8. The van der Waals surface area contributed by atoms with Gasteiger partial charge in [0.05, 0.1) is 24.0 Å². The lowest BCUT2D eigenvalue weighted by atomic mass is 10.1. The van der Waals surface area contributed by atoms with Crippen molar-refractivity contribution < 1.29 is 14.3 Å². The van der Waals surface area contributed by atoms with E-state index in [0.29, 0.717) is 17.4 Å². The Morgan fingerprint density at radius 3 is 2.52 bits per heavy atom. The van der Waals surface area contributed by atoms with Crippen LogP contribution >= 0.6 is 11.3 Å². The van der Waals surface area contributed by atoms with Crippen LogP contribution in [0.2, 0.25) is 0 Å². The van der Waals surface area contributed by atoms with E-state index in [1.54, 1.807) is 11.0 Å². The van der Waals surface area contributed by atoms with E-state index in [9.17, 15) is 9.59 Å². The van der Waals surface area contributed by atoms with Crippen LogP contribution in [0.5, 0.6) is 5.75 Å². The Labute approximate surface area is 186 Å². The van der Waals surface area contributed by atoms with Gasteiger partial charge in [0, 0.05) is 18.4 Å². The number of carbonyl (C=O) groups excluding carboxylic acids is 2. The van der Waals surface area contributed by atoms with Crippen LogP contribution in [0.15, 0.2) is 66.1 Å². The predicted molar refractivity (Wildman–Crippen MR) is 125 cm³/mol. The molecule has 0 radical (unpaired) electrons. The Hall–Kier alpha value is -3.45. The Balaban J connectivity index is 1.63. The summed E-state index contributed by atoms with van der Waals surface area (Å²) in [4.78, 5) is 30.5. The van der Waals surface area contributed by atoms with Crippen molar-refractivity contribution in [3.8, 4) is 5.75 Å². The molecule has 3 rings (SSSR count). The molecule has 1 heterocycles. The van der Waals surface area contributed by atoms with Crippen molar-refractivity contribution in [2.45, 2.75) is 26.8 Å². The maximum absolute atomic E-state index is 12.3. The van der Waals surface area contributed by atoms with Crippen LogP contribution < -0.4 is 15.0 Å². The summed E-state index contributed by atoms with van der Waals surface area (Å²) in [6.07, 6.45) is 3.09. The molecule has 1 N–H and O–H groups in total. The van der Waals surface area contributed by atoms with Gasteiger partial charge in [-0.25, -0.2) is 4.98 Å². The molecular formula is C24H25N3O3S. The number of amides is 2. The number of aromatic nitrogens is 1. The number of hydrogen-bond donors (Lipinski definition) is 1. The van der Waals surface area contributed by atoms with E-state index in [0.717, 1.165) is 17.0 Å². The van der Waals surface area contributed by atoms with Gasteiger partial charge in [0.1, 0.15) is 5.75 Å². The van der Waals surface area contributed by atoms with E-state index in [1.165, 1.54) is 24.3 Å².